The maximum absolute atomic E-state index is 12.8. The zero-order valence-corrected chi connectivity index (χ0v) is 8.66. The monoisotopic (exact) mass is 210 g/mol. The van der Waals surface area contributed by atoms with Crippen LogP contribution in [0.2, 0.25) is 0 Å². The molecule has 0 aliphatic carbocycles. The highest BCUT2D eigenvalue weighted by Gasteiger charge is 2.07. The second-order valence-corrected chi connectivity index (χ2v) is 3.56. The highest BCUT2D eigenvalue weighted by Crippen LogP contribution is 2.03. The molecule has 0 saturated heterocycles. The molecule has 1 aromatic carbocycles. The zero-order chi connectivity index (χ0) is 11.3. The van der Waals surface area contributed by atoms with Gasteiger partial charge in [-0.2, -0.15) is 0 Å². The van der Waals surface area contributed by atoms with Crippen LogP contribution in [0.15, 0.2) is 24.3 Å². The molecule has 4 heteroatoms. The van der Waals surface area contributed by atoms with E-state index in [2.05, 4.69) is 5.32 Å². The van der Waals surface area contributed by atoms with Crippen LogP contribution in [-0.4, -0.2) is 19.0 Å². The molecule has 3 nitrogen and oxygen atoms in total. The first-order valence-electron chi connectivity index (χ1n) is 4.87. The van der Waals surface area contributed by atoms with Gasteiger partial charge in [-0.1, -0.05) is 13.0 Å². The standard InChI is InChI=1S/C11H15FN2O/c1-8(6-13)7-14-11(15)9-3-2-4-10(12)5-9/h2-5,8H,6-7,13H2,1H3,(H,14,15). The Morgan fingerprint density at radius 3 is 2.93 bits per heavy atom. The van der Waals surface area contributed by atoms with Crippen molar-refractivity contribution in [3.05, 3.63) is 35.6 Å². The number of carbonyl (C=O) groups excluding carboxylic acids is 1. The van der Waals surface area contributed by atoms with Gasteiger partial charge in [0, 0.05) is 12.1 Å². The van der Waals surface area contributed by atoms with Crippen LogP contribution in [0.5, 0.6) is 0 Å². The molecule has 1 rings (SSSR count). The predicted octanol–water partition coefficient (Wildman–Crippen LogP) is 1.15. The molecule has 0 fully saturated rings. The maximum atomic E-state index is 12.8. The first-order valence-corrected chi connectivity index (χ1v) is 4.87. The topological polar surface area (TPSA) is 55.1 Å². The van der Waals surface area contributed by atoms with E-state index in [0.717, 1.165) is 0 Å². The fourth-order valence-corrected chi connectivity index (χ4v) is 1.08. The van der Waals surface area contributed by atoms with Crippen LogP contribution < -0.4 is 11.1 Å². The second-order valence-electron chi connectivity index (χ2n) is 3.56. The normalized spacial score (nSPS) is 12.2. The fourth-order valence-electron chi connectivity index (χ4n) is 1.08. The number of nitrogens with one attached hydrogen (secondary N) is 1. The Morgan fingerprint density at radius 1 is 1.60 bits per heavy atom. The molecule has 0 aliphatic heterocycles. The number of nitrogens with two attached hydrogens (primary N) is 1. The minimum atomic E-state index is -0.408. The number of carbonyl (C=O) groups is 1. The highest BCUT2D eigenvalue weighted by atomic mass is 19.1. The van der Waals surface area contributed by atoms with Crippen molar-refractivity contribution in [3.63, 3.8) is 0 Å². The van der Waals surface area contributed by atoms with Crippen LogP contribution in [0.3, 0.4) is 0 Å². The van der Waals surface area contributed by atoms with Gasteiger partial charge >= 0.3 is 0 Å². The van der Waals surface area contributed by atoms with Gasteiger partial charge < -0.3 is 11.1 Å². The van der Waals surface area contributed by atoms with E-state index in [-0.39, 0.29) is 11.8 Å². The average Bonchev–Trinajstić information content (AvgIpc) is 2.25. The summed E-state index contributed by atoms with van der Waals surface area (Å²) in [6.07, 6.45) is 0. The Morgan fingerprint density at radius 2 is 2.33 bits per heavy atom. The van der Waals surface area contributed by atoms with E-state index in [0.29, 0.717) is 18.7 Å². The third-order valence-electron chi connectivity index (χ3n) is 2.10. The van der Waals surface area contributed by atoms with Crippen LogP contribution in [0.4, 0.5) is 4.39 Å². The number of halogens is 1. The quantitative estimate of drug-likeness (QED) is 0.783. The summed E-state index contributed by atoms with van der Waals surface area (Å²) in [4.78, 5) is 11.5. The zero-order valence-electron chi connectivity index (χ0n) is 8.66. The van der Waals surface area contributed by atoms with Gasteiger partial charge in [-0.15, -0.1) is 0 Å². The molecule has 1 amide bonds. The maximum Gasteiger partial charge on any atom is 0.251 e. The van der Waals surface area contributed by atoms with Gasteiger partial charge in [-0.05, 0) is 30.7 Å². The first kappa shape index (κ1) is 11.7. The lowest BCUT2D eigenvalue weighted by Crippen LogP contribution is -2.31. The lowest BCUT2D eigenvalue weighted by atomic mass is 10.1. The third kappa shape index (κ3) is 3.67. The molecule has 82 valence electrons. The molecule has 1 atom stereocenters. The Hall–Kier alpha value is -1.42. The summed E-state index contributed by atoms with van der Waals surface area (Å²) in [7, 11) is 0. The van der Waals surface area contributed by atoms with Crippen molar-refractivity contribution in [1.82, 2.24) is 5.32 Å². The minimum Gasteiger partial charge on any atom is -0.352 e. The molecule has 0 heterocycles. The molecule has 1 aromatic rings. The minimum absolute atomic E-state index is 0.225. The van der Waals surface area contributed by atoms with Crippen LogP contribution in [0, 0.1) is 11.7 Å². The molecule has 3 N–H and O–H groups in total. The van der Waals surface area contributed by atoms with E-state index in [4.69, 9.17) is 5.73 Å². The van der Waals surface area contributed by atoms with Crippen molar-refractivity contribution in [3.8, 4) is 0 Å². The van der Waals surface area contributed by atoms with Crippen molar-refractivity contribution in [2.24, 2.45) is 11.7 Å². The molecule has 0 spiro atoms. The van der Waals surface area contributed by atoms with Crippen molar-refractivity contribution < 1.29 is 9.18 Å². The van der Waals surface area contributed by atoms with E-state index in [9.17, 15) is 9.18 Å². The van der Waals surface area contributed by atoms with Gasteiger partial charge in [0.05, 0.1) is 0 Å². The number of hydrogen-bond acceptors (Lipinski definition) is 2. The molecular weight excluding hydrogens is 195 g/mol. The molecule has 1 unspecified atom stereocenters. The number of benzene rings is 1. The lowest BCUT2D eigenvalue weighted by molar-refractivity contribution is 0.0948. The number of rotatable bonds is 4. The van der Waals surface area contributed by atoms with Crippen LogP contribution in [0.25, 0.3) is 0 Å². The van der Waals surface area contributed by atoms with Gasteiger partial charge in [-0.25, -0.2) is 4.39 Å². The van der Waals surface area contributed by atoms with Gasteiger partial charge in [0.1, 0.15) is 5.82 Å². The van der Waals surface area contributed by atoms with Crippen molar-refractivity contribution >= 4 is 5.91 Å². The fraction of sp³-hybridized carbons (Fsp3) is 0.364. The van der Waals surface area contributed by atoms with Gasteiger partial charge in [-0.3, -0.25) is 4.79 Å². The summed E-state index contributed by atoms with van der Waals surface area (Å²) in [6.45, 7) is 2.96. The van der Waals surface area contributed by atoms with Crippen LogP contribution in [0.1, 0.15) is 17.3 Å². The average molecular weight is 210 g/mol. The van der Waals surface area contributed by atoms with Crippen LogP contribution >= 0.6 is 0 Å². The molecule has 15 heavy (non-hydrogen) atoms. The number of amides is 1. The van der Waals surface area contributed by atoms with E-state index in [1.807, 2.05) is 6.92 Å². The number of hydrogen-bond donors (Lipinski definition) is 2. The summed E-state index contributed by atoms with van der Waals surface area (Å²) >= 11 is 0. The van der Waals surface area contributed by atoms with Crippen molar-refractivity contribution in [2.75, 3.05) is 13.1 Å². The van der Waals surface area contributed by atoms with Crippen LogP contribution in [-0.2, 0) is 0 Å². The molecule has 0 saturated carbocycles. The van der Waals surface area contributed by atoms with E-state index >= 15 is 0 Å². The molecular formula is C11H15FN2O. The third-order valence-corrected chi connectivity index (χ3v) is 2.10. The molecule has 0 bridgehead atoms. The van der Waals surface area contributed by atoms with E-state index in [1.54, 1.807) is 6.07 Å². The Labute approximate surface area is 88.5 Å². The Balaban J connectivity index is 2.54. The smallest absolute Gasteiger partial charge is 0.251 e. The summed E-state index contributed by atoms with van der Waals surface area (Å²) in [5.41, 5.74) is 5.74. The van der Waals surface area contributed by atoms with Crippen molar-refractivity contribution in [2.45, 2.75) is 6.92 Å². The highest BCUT2D eigenvalue weighted by molar-refractivity contribution is 5.94. The first-order chi connectivity index (χ1) is 7.13. The molecule has 0 radical (unpaired) electrons. The second kappa shape index (κ2) is 5.46. The predicted molar refractivity (Wildman–Crippen MR) is 57.0 cm³/mol. The van der Waals surface area contributed by atoms with E-state index < -0.39 is 5.82 Å². The van der Waals surface area contributed by atoms with Gasteiger partial charge in [0.2, 0.25) is 0 Å². The van der Waals surface area contributed by atoms with Gasteiger partial charge in [0.15, 0.2) is 0 Å². The van der Waals surface area contributed by atoms with Gasteiger partial charge in [0.25, 0.3) is 5.91 Å². The van der Waals surface area contributed by atoms with Crippen molar-refractivity contribution in [1.29, 1.82) is 0 Å². The Kier molecular flexibility index (Phi) is 4.24. The summed E-state index contributed by atoms with van der Waals surface area (Å²) in [5.74, 6) is -0.452. The summed E-state index contributed by atoms with van der Waals surface area (Å²) in [6, 6.07) is 5.60. The SMILES string of the molecule is CC(CN)CNC(=O)c1cccc(F)c1. The molecule has 0 aromatic heterocycles. The van der Waals surface area contributed by atoms with E-state index in [1.165, 1.54) is 18.2 Å². The molecule has 0 aliphatic rings. The lowest BCUT2D eigenvalue weighted by Gasteiger charge is -2.09. The largest absolute Gasteiger partial charge is 0.352 e. The summed E-state index contributed by atoms with van der Waals surface area (Å²) in [5, 5.41) is 2.69. The Bertz CT molecular complexity index is 341. The summed E-state index contributed by atoms with van der Waals surface area (Å²) < 4.78 is 12.8.